The van der Waals surface area contributed by atoms with E-state index in [1.165, 1.54) is 0 Å². The predicted molar refractivity (Wildman–Crippen MR) is 97.6 cm³/mol. The van der Waals surface area contributed by atoms with Crippen molar-refractivity contribution in [3.63, 3.8) is 0 Å². The zero-order valence-corrected chi connectivity index (χ0v) is 15.5. The summed E-state index contributed by atoms with van der Waals surface area (Å²) in [7, 11) is 0. The molecule has 136 valence electrons. The number of hydrogen-bond donors (Lipinski definition) is 3. The molecule has 1 saturated heterocycles. The van der Waals surface area contributed by atoms with Crippen LogP contribution in [0.1, 0.15) is 45.3 Å². The molecule has 0 spiro atoms. The fourth-order valence-electron chi connectivity index (χ4n) is 2.84. The van der Waals surface area contributed by atoms with Gasteiger partial charge >= 0.3 is 0 Å². The third-order valence-electron chi connectivity index (χ3n) is 4.22. The molecule has 2 unspecified atom stereocenters. The van der Waals surface area contributed by atoms with Crippen LogP contribution in [0.3, 0.4) is 0 Å². The Morgan fingerprint density at radius 3 is 2.83 bits per heavy atom. The first kappa shape index (κ1) is 20.7. The molecule has 1 fully saturated rings. The number of nitrogens with one attached hydrogen (secondary N) is 2. The van der Waals surface area contributed by atoms with Crippen molar-refractivity contribution in [2.24, 2.45) is 5.41 Å². The molecule has 0 aliphatic carbocycles. The Hall–Kier alpha value is -1.30. The van der Waals surface area contributed by atoms with Crippen LogP contribution in [0.5, 0.6) is 5.75 Å². The first-order valence-corrected chi connectivity index (χ1v) is 8.34. The fourth-order valence-corrected chi connectivity index (χ4v) is 2.84. The van der Waals surface area contributed by atoms with E-state index in [0.29, 0.717) is 6.54 Å². The van der Waals surface area contributed by atoms with Crippen molar-refractivity contribution >= 4 is 18.3 Å². The summed E-state index contributed by atoms with van der Waals surface area (Å²) in [6.45, 7) is 7.75. The standard InChI is InChI=1S/C18H28N2O3.ClH/c1-13(2)23-15-7-4-6-14(10-15)16(21)11-20-17(22)18(3)8-5-9-19-12-18;/h4,6-7,10,13,16,19,21H,5,8-9,11-12H2,1-3H3,(H,20,22);1H. The maximum atomic E-state index is 12.4. The molecule has 0 radical (unpaired) electrons. The molecule has 1 aliphatic rings. The van der Waals surface area contributed by atoms with Crippen LogP contribution in [0.4, 0.5) is 0 Å². The lowest BCUT2D eigenvalue weighted by Gasteiger charge is -2.33. The van der Waals surface area contributed by atoms with E-state index in [1.54, 1.807) is 0 Å². The number of aliphatic hydroxyl groups is 1. The summed E-state index contributed by atoms with van der Waals surface area (Å²) in [6, 6.07) is 7.38. The van der Waals surface area contributed by atoms with E-state index in [1.807, 2.05) is 45.0 Å². The van der Waals surface area contributed by atoms with Crippen molar-refractivity contribution in [2.75, 3.05) is 19.6 Å². The quantitative estimate of drug-likeness (QED) is 0.732. The molecular weight excluding hydrogens is 328 g/mol. The molecule has 1 aromatic carbocycles. The van der Waals surface area contributed by atoms with Gasteiger partial charge in [-0.2, -0.15) is 0 Å². The molecule has 0 aromatic heterocycles. The van der Waals surface area contributed by atoms with Gasteiger partial charge in [0.25, 0.3) is 0 Å². The van der Waals surface area contributed by atoms with Crippen LogP contribution in [0.25, 0.3) is 0 Å². The molecular formula is C18H29ClN2O3. The molecule has 1 aliphatic heterocycles. The van der Waals surface area contributed by atoms with E-state index in [-0.39, 0.29) is 36.4 Å². The van der Waals surface area contributed by atoms with E-state index in [2.05, 4.69) is 10.6 Å². The average molecular weight is 357 g/mol. The number of aliphatic hydroxyl groups excluding tert-OH is 1. The second kappa shape index (κ2) is 9.25. The second-order valence-corrected chi connectivity index (χ2v) is 6.81. The normalized spacial score (nSPS) is 21.7. The summed E-state index contributed by atoms with van der Waals surface area (Å²) in [5, 5.41) is 16.5. The molecule has 1 amide bonds. The number of halogens is 1. The zero-order chi connectivity index (χ0) is 16.9. The minimum absolute atomic E-state index is 0. The number of ether oxygens (including phenoxy) is 1. The number of benzene rings is 1. The van der Waals surface area contributed by atoms with E-state index < -0.39 is 6.10 Å². The maximum absolute atomic E-state index is 12.4. The molecule has 24 heavy (non-hydrogen) atoms. The van der Waals surface area contributed by atoms with Crippen molar-refractivity contribution in [2.45, 2.75) is 45.8 Å². The molecule has 0 saturated carbocycles. The molecule has 2 rings (SSSR count). The Morgan fingerprint density at radius 2 is 2.21 bits per heavy atom. The molecule has 0 bridgehead atoms. The molecule has 1 aromatic rings. The van der Waals surface area contributed by atoms with Gasteiger partial charge in [-0.25, -0.2) is 0 Å². The minimum atomic E-state index is -0.741. The molecule has 3 N–H and O–H groups in total. The SMILES string of the molecule is CC(C)Oc1cccc(C(O)CNC(=O)C2(C)CCCNC2)c1.Cl. The van der Waals surface area contributed by atoms with Crippen molar-refractivity contribution < 1.29 is 14.6 Å². The Bertz CT molecular complexity index is 531. The van der Waals surface area contributed by atoms with E-state index in [0.717, 1.165) is 30.7 Å². The van der Waals surface area contributed by atoms with Crippen molar-refractivity contribution in [3.05, 3.63) is 29.8 Å². The summed E-state index contributed by atoms with van der Waals surface area (Å²) in [5.74, 6) is 0.727. The Kier molecular flexibility index (Phi) is 8.00. The Balaban J connectivity index is 0.00000288. The minimum Gasteiger partial charge on any atom is -0.491 e. The smallest absolute Gasteiger partial charge is 0.227 e. The summed E-state index contributed by atoms with van der Waals surface area (Å²) in [4.78, 5) is 12.4. The highest BCUT2D eigenvalue weighted by Crippen LogP contribution is 2.26. The molecule has 2 atom stereocenters. The third kappa shape index (κ3) is 5.65. The predicted octanol–water partition coefficient (Wildman–Crippen LogP) is 2.43. The number of piperidine rings is 1. The number of rotatable bonds is 6. The van der Waals surface area contributed by atoms with Gasteiger partial charge in [0, 0.05) is 13.1 Å². The maximum Gasteiger partial charge on any atom is 0.227 e. The summed E-state index contributed by atoms with van der Waals surface area (Å²) in [6.07, 6.45) is 1.22. The zero-order valence-electron chi connectivity index (χ0n) is 14.7. The third-order valence-corrected chi connectivity index (χ3v) is 4.22. The van der Waals surface area contributed by atoms with Crippen LogP contribution in [0, 0.1) is 5.41 Å². The lowest BCUT2D eigenvalue weighted by Crippen LogP contribution is -2.49. The average Bonchev–Trinajstić information content (AvgIpc) is 2.52. The van der Waals surface area contributed by atoms with Gasteiger partial charge in [0.2, 0.25) is 5.91 Å². The van der Waals surface area contributed by atoms with E-state index in [4.69, 9.17) is 4.74 Å². The second-order valence-electron chi connectivity index (χ2n) is 6.81. The van der Waals surface area contributed by atoms with E-state index in [9.17, 15) is 9.90 Å². The number of carbonyl (C=O) groups is 1. The highest BCUT2D eigenvalue weighted by Gasteiger charge is 2.34. The van der Waals surface area contributed by atoms with Gasteiger partial charge in [-0.1, -0.05) is 12.1 Å². The molecule has 5 nitrogen and oxygen atoms in total. The first-order chi connectivity index (χ1) is 10.9. The molecule has 6 heteroatoms. The van der Waals surface area contributed by atoms with Crippen LogP contribution >= 0.6 is 12.4 Å². The van der Waals surface area contributed by atoms with Gasteiger partial charge < -0.3 is 20.5 Å². The number of hydrogen-bond acceptors (Lipinski definition) is 4. The lowest BCUT2D eigenvalue weighted by atomic mass is 9.82. The lowest BCUT2D eigenvalue weighted by molar-refractivity contribution is -0.131. The largest absolute Gasteiger partial charge is 0.491 e. The summed E-state index contributed by atoms with van der Waals surface area (Å²) >= 11 is 0. The van der Waals surface area contributed by atoms with Crippen molar-refractivity contribution in [1.82, 2.24) is 10.6 Å². The highest BCUT2D eigenvalue weighted by molar-refractivity contribution is 5.85. The fraction of sp³-hybridized carbons (Fsp3) is 0.611. The van der Waals surface area contributed by atoms with Gasteiger partial charge in [0.1, 0.15) is 5.75 Å². The van der Waals surface area contributed by atoms with Crippen molar-refractivity contribution in [1.29, 1.82) is 0 Å². The van der Waals surface area contributed by atoms with Crippen LogP contribution in [0.15, 0.2) is 24.3 Å². The van der Waals surface area contributed by atoms with Gasteiger partial charge in [-0.05, 0) is 57.9 Å². The van der Waals surface area contributed by atoms with Gasteiger partial charge in [0.05, 0.1) is 17.6 Å². The van der Waals surface area contributed by atoms with Crippen LogP contribution in [-0.4, -0.2) is 36.8 Å². The topological polar surface area (TPSA) is 70.6 Å². The van der Waals surface area contributed by atoms with Crippen molar-refractivity contribution in [3.8, 4) is 5.75 Å². The Morgan fingerprint density at radius 1 is 1.46 bits per heavy atom. The monoisotopic (exact) mass is 356 g/mol. The van der Waals surface area contributed by atoms with Gasteiger partial charge in [0.15, 0.2) is 0 Å². The van der Waals surface area contributed by atoms with Crippen LogP contribution < -0.4 is 15.4 Å². The van der Waals surface area contributed by atoms with Crippen LogP contribution in [0.2, 0.25) is 0 Å². The summed E-state index contributed by atoms with van der Waals surface area (Å²) < 4.78 is 5.64. The Labute approximate surface area is 150 Å². The number of amides is 1. The number of carbonyl (C=O) groups excluding carboxylic acids is 1. The highest BCUT2D eigenvalue weighted by atomic mass is 35.5. The van der Waals surface area contributed by atoms with Crippen LogP contribution in [-0.2, 0) is 4.79 Å². The molecule has 1 heterocycles. The summed E-state index contributed by atoms with van der Waals surface area (Å²) in [5.41, 5.74) is 0.357. The van der Waals surface area contributed by atoms with Gasteiger partial charge in [-0.3, -0.25) is 4.79 Å². The first-order valence-electron chi connectivity index (χ1n) is 8.34. The van der Waals surface area contributed by atoms with E-state index >= 15 is 0 Å². The van der Waals surface area contributed by atoms with Gasteiger partial charge in [-0.15, -0.1) is 12.4 Å².